The molecule has 0 saturated heterocycles. The number of aromatic carboxylic acids is 1. The normalized spacial score (nSPS) is 10.6. The van der Waals surface area contributed by atoms with Crippen LogP contribution in [0.2, 0.25) is 0 Å². The van der Waals surface area contributed by atoms with E-state index in [-0.39, 0.29) is 5.76 Å². The van der Waals surface area contributed by atoms with Gasteiger partial charge in [0.2, 0.25) is 5.76 Å². The first-order valence-electron chi connectivity index (χ1n) is 6.05. The van der Waals surface area contributed by atoms with Crippen molar-refractivity contribution in [1.82, 2.24) is 0 Å². The molecule has 1 N–H and O–H groups in total. The fourth-order valence-corrected chi connectivity index (χ4v) is 1.82. The summed E-state index contributed by atoms with van der Waals surface area (Å²) in [6.07, 6.45) is 9.56. The number of hydrogen-bond donors (Lipinski definition) is 1. The number of carboxylic acid groups (broad SMARTS) is 1. The van der Waals surface area contributed by atoms with E-state index < -0.39 is 5.97 Å². The van der Waals surface area contributed by atoms with Gasteiger partial charge in [0.05, 0.1) is 6.26 Å². The molecule has 0 saturated carbocycles. The molecule has 0 atom stereocenters. The van der Waals surface area contributed by atoms with Crippen LogP contribution in [0.4, 0.5) is 0 Å². The van der Waals surface area contributed by atoms with Crippen LogP contribution in [0.15, 0.2) is 16.7 Å². The molecule has 1 aromatic heterocycles. The summed E-state index contributed by atoms with van der Waals surface area (Å²) in [7, 11) is 0. The zero-order valence-electron chi connectivity index (χ0n) is 9.87. The van der Waals surface area contributed by atoms with E-state index in [0.717, 1.165) is 18.4 Å². The Hall–Kier alpha value is -1.25. The Morgan fingerprint density at radius 1 is 1.25 bits per heavy atom. The molecule has 90 valence electrons. The van der Waals surface area contributed by atoms with Gasteiger partial charge in [-0.15, -0.1) is 0 Å². The first-order valence-corrected chi connectivity index (χ1v) is 6.05. The maximum Gasteiger partial charge on any atom is 0.372 e. The number of aryl methyl sites for hydroxylation is 1. The molecule has 0 aliphatic heterocycles. The SMILES string of the molecule is CCCCCCCCc1ccoc1C(=O)O. The van der Waals surface area contributed by atoms with Gasteiger partial charge in [0.25, 0.3) is 0 Å². The molecule has 3 heteroatoms. The van der Waals surface area contributed by atoms with E-state index in [4.69, 9.17) is 9.52 Å². The Bertz CT molecular complexity index is 315. The van der Waals surface area contributed by atoms with Gasteiger partial charge in [-0.25, -0.2) is 4.79 Å². The van der Waals surface area contributed by atoms with Crippen molar-refractivity contribution in [2.45, 2.75) is 51.9 Å². The summed E-state index contributed by atoms with van der Waals surface area (Å²) in [5.41, 5.74) is 0.822. The van der Waals surface area contributed by atoms with Crippen LogP contribution in [0.1, 0.15) is 61.6 Å². The zero-order chi connectivity index (χ0) is 11.8. The molecule has 0 fully saturated rings. The predicted molar refractivity (Wildman–Crippen MR) is 62.7 cm³/mol. The smallest absolute Gasteiger partial charge is 0.372 e. The van der Waals surface area contributed by atoms with Crippen LogP contribution in [0.3, 0.4) is 0 Å². The van der Waals surface area contributed by atoms with E-state index in [9.17, 15) is 4.79 Å². The van der Waals surface area contributed by atoms with E-state index in [2.05, 4.69) is 6.92 Å². The molecular weight excluding hydrogens is 204 g/mol. The molecule has 0 radical (unpaired) electrons. The van der Waals surface area contributed by atoms with Gasteiger partial charge in [-0.1, -0.05) is 39.0 Å². The zero-order valence-corrected chi connectivity index (χ0v) is 9.87. The van der Waals surface area contributed by atoms with Gasteiger partial charge in [0.1, 0.15) is 0 Å². The second kappa shape index (κ2) is 7.09. The second-order valence-electron chi connectivity index (χ2n) is 4.10. The maximum absolute atomic E-state index is 10.8. The van der Waals surface area contributed by atoms with Crippen LogP contribution in [0.25, 0.3) is 0 Å². The molecule has 0 amide bonds. The minimum atomic E-state index is -0.967. The highest BCUT2D eigenvalue weighted by Gasteiger charge is 2.12. The summed E-state index contributed by atoms with van der Waals surface area (Å²) in [6, 6.07) is 1.76. The Kier molecular flexibility index (Phi) is 5.68. The van der Waals surface area contributed by atoms with Crippen molar-refractivity contribution in [2.24, 2.45) is 0 Å². The van der Waals surface area contributed by atoms with E-state index in [1.165, 1.54) is 38.4 Å². The molecule has 0 bridgehead atoms. The predicted octanol–water partition coefficient (Wildman–Crippen LogP) is 3.88. The van der Waals surface area contributed by atoms with Gasteiger partial charge in [0, 0.05) is 5.56 Å². The maximum atomic E-state index is 10.8. The topological polar surface area (TPSA) is 50.4 Å². The van der Waals surface area contributed by atoms with E-state index >= 15 is 0 Å². The number of hydrogen-bond acceptors (Lipinski definition) is 2. The number of unbranched alkanes of at least 4 members (excludes halogenated alkanes) is 5. The number of furan rings is 1. The molecule has 3 nitrogen and oxygen atoms in total. The van der Waals surface area contributed by atoms with Gasteiger partial charge >= 0.3 is 5.97 Å². The first kappa shape index (κ1) is 12.8. The van der Waals surface area contributed by atoms with Crippen molar-refractivity contribution in [3.8, 4) is 0 Å². The summed E-state index contributed by atoms with van der Waals surface area (Å²) in [5.74, 6) is -0.862. The molecule has 0 aromatic carbocycles. The summed E-state index contributed by atoms with van der Waals surface area (Å²) in [6.45, 7) is 2.20. The monoisotopic (exact) mass is 224 g/mol. The highest BCUT2D eigenvalue weighted by molar-refractivity contribution is 5.86. The Balaban J connectivity index is 2.21. The minimum Gasteiger partial charge on any atom is -0.475 e. The second-order valence-corrected chi connectivity index (χ2v) is 4.10. The van der Waals surface area contributed by atoms with Crippen molar-refractivity contribution >= 4 is 5.97 Å². The van der Waals surface area contributed by atoms with Crippen LogP contribution in [0.5, 0.6) is 0 Å². The lowest BCUT2D eigenvalue weighted by Crippen LogP contribution is -1.98. The lowest BCUT2D eigenvalue weighted by molar-refractivity contribution is 0.0660. The van der Waals surface area contributed by atoms with Gasteiger partial charge in [-0.05, 0) is 18.9 Å². The van der Waals surface area contributed by atoms with Crippen LogP contribution < -0.4 is 0 Å². The van der Waals surface area contributed by atoms with Gasteiger partial charge < -0.3 is 9.52 Å². The van der Waals surface area contributed by atoms with Crippen LogP contribution in [-0.2, 0) is 6.42 Å². The summed E-state index contributed by atoms with van der Waals surface area (Å²) < 4.78 is 4.92. The van der Waals surface area contributed by atoms with E-state index in [1.54, 1.807) is 6.07 Å². The first-order chi connectivity index (χ1) is 7.75. The summed E-state index contributed by atoms with van der Waals surface area (Å²) >= 11 is 0. The van der Waals surface area contributed by atoms with Crippen molar-refractivity contribution < 1.29 is 14.3 Å². The van der Waals surface area contributed by atoms with Crippen LogP contribution in [0, 0.1) is 0 Å². The van der Waals surface area contributed by atoms with E-state index in [1.807, 2.05) is 0 Å². The molecule has 16 heavy (non-hydrogen) atoms. The number of carboxylic acids is 1. The fraction of sp³-hybridized carbons (Fsp3) is 0.615. The van der Waals surface area contributed by atoms with Crippen LogP contribution in [-0.4, -0.2) is 11.1 Å². The van der Waals surface area contributed by atoms with Crippen LogP contribution >= 0.6 is 0 Å². The Morgan fingerprint density at radius 3 is 2.62 bits per heavy atom. The third-order valence-electron chi connectivity index (χ3n) is 2.74. The summed E-state index contributed by atoms with van der Waals surface area (Å²) in [4.78, 5) is 10.8. The molecule has 0 aliphatic rings. The van der Waals surface area contributed by atoms with E-state index in [0.29, 0.717) is 0 Å². The lowest BCUT2D eigenvalue weighted by Gasteiger charge is -2.00. The van der Waals surface area contributed by atoms with Crippen molar-refractivity contribution in [3.63, 3.8) is 0 Å². The Labute approximate surface area is 96.5 Å². The molecule has 1 heterocycles. The molecule has 1 rings (SSSR count). The van der Waals surface area contributed by atoms with Crippen molar-refractivity contribution in [2.75, 3.05) is 0 Å². The summed E-state index contributed by atoms with van der Waals surface area (Å²) in [5, 5.41) is 8.83. The molecule has 0 aliphatic carbocycles. The largest absolute Gasteiger partial charge is 0.475 e. The number of rotatable bonds is 8. The third kappa shape index (κ3) is 4.09. The van der Waals surface area contributed by atoms with Crippen molar-refractivity contribution in [3.05, 3.63) is 23.7 Å². The fourth-order valence-electron chi connectivity index (χ4n) is 1.82. The molecular formula is C13H20O3. The minimum absolute atomic E-state index is 0.105. The Morgan fingerprint density at radius 2 is 1.94 bits per heavy atom. The molecule has 1 aromatic rings. The lowest BCUT2D eigenvalue weighted by atomic mass is 10.1. The molecule has 0 spiro atoms. The van der Waals surface area contributed by atoms with Gasteiger partial charge in [-0.3, -0.25) is 0 Å². The highest BCUT2D eigenvalue weighted by atomic mass is 16.4. The average Bonchev–Trinajstić information content (AvgIpc) is 2.71. The quantitative estimate of drug-likeness (QED) is 0.682. The van der Waals surface area contributed by atoms with Gasteiger partial charge in [-0.2, -0.15) is 0 Å². The van der Waals surface area contributed by atoms with Crippen molar-refractivity contribution in [1.29, 1.82) is 0 Å². The average molecular weight is 224 g/mol. The number of carbonyl (C=O) groups is 1. The molecule has 0 unspecified atom stereocenters. The standard InChI is InChI=1S/C13H20O3/c1-2-3-4-5-6-7-8-11-9-10-16-12(11)13(14)15/h9-10H,2-8H2,1H3,(H,14,15). The van der Waals surface area contributed by atoms with Gasteiger partial charge in [0.15, 0.2) is 0 Å². The third-order valence-corrected chi connectivity index (χ3v) is 2.74. The highest BCUT2D eigenvalue weighted by Crippen LogP contribution is 2.15.